The molecule has 2 saturated heterocycles. The van der Waals surface area contributed by atoms with Crippen molar-refractivity contribution in [3.63, 3.8) is 0 Å². The fraction of sp³-hybridized carbons (Fsp3) is 0.571. The Morgan fingerprint density at radius 3 is 2.38 bits per heavy atom. The number of nitrogens with one attached hydrogen (secondary N) is 1. The number of aromatic hydroxyl groups is 1. The van der Waals surface area contributed by atoms with E-state index in [1.807, 2.05) is 6.07 Å². The molecule has 12 nitrogen and oxygen atoms in total. The second-order valence-corrected chi connectivity index (χ2v) is 10.4. The molecule has 40 heavy (non-hydrogen) atoms. The molecular weight excluding hydrogens is 514 g/mol. The normalized spacial score (nSPS) is 22.2. The lowest BCUT2D eigenvalue weighted by molar-refractivity contribution is 0.0322. The largest absolute Gasteiger partial charge is 0.506 e. The van der Waals surface area contributed by atoms with Crippen LogP contribution in [0.25, 0.3) is 10.9 Å². The van der Waals surface area contributed by atoms with E-state index >= 15 is 0 Å². The van der Waals surface area contributed by atoms with E-state index in [9.17, 15) is 5.11 Å². The molecule has 1 aliphatic carbocycles. The van der Waals surface area contributed by atoms with Crippen LogP contribution in [0, 0.1) is 0 Å². The van der Waals surface area contributed by atoms with Crippen LogP contribution in [0.2, 0.25) is 0 Å². The van der Waals surface area contributed by atoms with Gasteiger partial charge in [-0.15, -0.1) is 0 Å². The van der Waals surface area contributed by atoms with Crippen molar-refractivity contribution in [3.05, 3.63) is 30.7 Å². The molecule has 0 atom stereocenters. The van der Waals surface area contributed by atoms with Gasteiger partial charge in [-0.3, -0.25) is 9.88 Å². The molecule has 3 fully saturated rings. The summed E-state index contributed by atoms with van der Waals surface area (Å²) >= 11 is 0. The fourth-order valence-electron chi connectivity index (χ4n) is 5.36. The Morgan fingerprint density at radius 2 is 1.62 bits per heavy atom. The van der Waals surface area contributed by atoms with Crippen molar-refractivity contribution < 1.29 is 24.1 Å². The Balaban J connectivity index is 1.01. The number of morpholine rings is 2. The Labute approximate surface area is 233 Å². The third-order valence-electron chi connectivity index (χ3n) is 7.65. The Bertz CT molecular complexity index is 1240. The number of hydrogen-bond acceptors (Lipinski definition) is 12. The van der Waals surface area contributed by atoms with E-state index in [1.165, 1.54) is 6.20 Å². The van der Waals surface area contributed by atoms with Crippen LogP contribution in [-0.4, -0.2) is 108 Å². The van der Waals surface area contributed by atoms with Crippen molar-refractivity contribution in [2.75, 3.05) is 76.0 Å². The lowest BCUT2D eigenvalue weighted by Crippen LogP contribution is -2.38. The van der Waals surface area contributed by atoms with Crippen LogP contribution in [0.5, 0.6) is 17.4 Å². The Hall–Kier alpha value is -3.48. The molecule has 1 saturated carbocycles. The first kappa shape index (κ1) is 26.7. The van der Waals surface area contributed by atoms with Crippen LogP contribution in [0.4, 0.5) is 11.8 Å². The summed E-state index contributed by atoms with van der Waals surface area (Å²) < 4.78 is 23.1. The second-order valence-electron chi connectivity index (χ2n) is 10.4. The average molecular weight is 552 g/mol. The molecule has 2 aliphatic heterocycles. The van der Waals surface area contributed by atoms with Gasteiger partial charge in [0.25, 0.3) is 0 Å². The van der Waals surface area contributed by atoms with Gasteiger partial charge in [0, 0.05) is 44.8 Å². The van der Waals surface area contributed by atoms with E-state index in [0.717, 1.165) is 88.3 Å². The standard InChI is InChI=1S/C28H37N7O5/c36-21-15-24-25(29-17-21)16-26(35-8-12-38-13-9-35)33-27(24)40-22-3-1-20(2-4-22)32-28-30-18-23(19-31-28)39-14-7-34-5-10-37-11-6-34/h15-20,22,36H,1-14H2,(H,30,31,32)/t20-,22+. The highest BCUT2D eigenvalue weighted by atomic mass is 16.5. The van der Waals surface area contributed by atoms with Gasteiger partial charge < -0.3 is 34.3 Å². The minimum absolute atomic E-state index is 0.0270. The summed E-state index contributed by atoms with van der Waals surface area (Å²) in [6.07, 6.45) is 8.54. The summed E-state index contributed by atoms with van der Waals surface area (Å²) in [5, 5.41) is 14.2. The third-order valence-corrected chi connectivity index (χ3v) is 7.65. The summed E-state index contributed by atoms with van der Waals surface area (Å²) in [6.45, 7) is 7.84. The van der Waals surface area contributed by atoms with Crippen LogP contribution in [0.1, 0.15) is 25.7 Å². The van der Waals surface area contributed by atoms with Crippen molar-refractivity contribution in [1.29, 1.82) is 0 Å². The molecule has 0 aromatic carbocycles. The van der Waals surface area contributed by atoms with Crippen LogP contribution in [-0.2, 0) is 9.47 Å². The summed E-state index contributed by atoms with van der Waals surface area (Å²) in [7, 11) is 0. The lowest BCUT2D eigenvalue weighted by atomic mass is 9.93. The van der Waals surface area contributed by atoms with Gasteiger partial charge in [0.15, 0.2) is 5.75 Å². The smallest absolute Gasteiger partial charge is 0.225 e. The first-order valence-electron chi connectivity index (χ1n) is 14.2. The van der Waals surface area contributed by atoms with Crippen LogP contribution < -0.4 is 19.7 Å². The lowest BCUT2D eigenvalue weighted by Gasteiger charge is -2.31. The third kappa shape index (κ3) is 6.80. The predicted octanol–water partition coefficient (Wildman–Crippen LogP) is 2.48. The zero-order chi connectivity index (χ0) is 27.1. The minimum Gasteiger partial charge on any atom is -0.506 e. The molecule has 12 heteroatoms. The zero-order valence-corrected chi connectivity index (χ0v) is 22.7. The maximum absolute atomic E-state index is 10.1. The first-order chi connectivity index (χ1) is 19.7. The molecule has 0 spiro atoms. The number of pyridine rings is 2. The zero-order valence-electron chi connectivity index (χ0n) is 22.7. The van der Waals surface area contributed by atoms with Crippen LogP contribution in [0.15, 0.2) is 30.7 Å². The number of fused-ring (bicyclic) bond motifs is 1. The van der Waals surface area contributed by atoms with Crippen LogP contribution in [0.3, 0.4) is 0 Å². The Kier molecular flexibility index (Phi) is 8.55. The van der Waals surface area contributed by atoms with E-state index in [-0.39, 0.29) is 17.9 Å². The first-order valence-corrected chi connectivity index (χ1v) is 14.2. The summed E-state index contributed by atoms with van der Waals surface area (Å²) in [5.41, 5.74) is 0.755. The maximum Gasteiger partial charge on any atom is 0.225 e. The van der Waals surface area contributed by atoms with Crippen molar-refractivity contribution >= 4 is 22.7 Å². The number of anilines is 2. The number of aromatic nitrogens is 4. The van der Waals surface area contributed by atoms with E-state index < -0.39 is 0 Å². The molecule has 5 heterocycles. The topological polar surface area (TPSA) is 127 Å². The van der Waals surface area contributed by atoms with Crippen molar-refractivity contribution in [2.24, 2.45) is 0 Å². The van der Waals surface area contributed by atoms with Gasteiger partial charge in [0.1, 0.15) is 24.3 Å². The molecule has 2 N–H and O–H groups in total. The van der Waals surface area contributed by atoms with Gasteiger partial charge in [-0.25, -0.2) is 9.97 Å². The van der Waals surface area contributed by atoms with Gasteiger partial charge in [-0.05, 0) is 31.7 Å². The number of rotatable bonds is 9. The number of ether oxygens (including phenoxy) is 4. The molecule has 0 amide bonds. The molecule has 3 aromatic heterocycles. The van der Waals surface area contributed by atoms with E-state index in [0.29, 0.717) is 37.4 Å². The Morgan fingerprint density at radius 1 is 0.900 bits per heavy atom. The van der Waals surface area contributed by atoms with Gasteiger partial charge in [-0.1, -0.05) is 0 Å². The second kappa shape index (κ2) is 12.8. The highest BCUT2D eigenvalue weighted by Crippen LogP contribution is 2.33. The molecule has 3 aliphatic rings. The van der Waals surface area contributed by atoms with Crippen LogP contribution >= 0.6 is 0 Å². The monoisotopic (exact) mass is 551 g/mol. The quantitative estimate of drug-likeness (QED) is 0.406. The molecule has 6 rings (SSSR count). The minimum atomic E-state index is 0.0270. The van der Waals surface area contributed by atoms with Gasteiger partial charge in [-0.2, -0.15) is 4.98 Å². The molecular formula is C28H37N7O5. The fourth-order valence-corrected chi connectivity index (χ4v) is 5.36. The molecule has 214 valence electrons. The summed E-state index contributed by atoms with van der Waals surface area (Å²) in [4.78, 5) is 22.7. The highest BCUT2D eigenvalue weighted by Gasteiger charge is 2.25. The van der Waals surface area contributed by atoms with E-state index in [4.69, 9.17) is 23.9 Å². The average Bonchev–Trinajstić information content (AvgIpc) is 3.00. The van der Waals surface area contributed by atoms with Crippen molar-refractivity contribution in [2.45, 2.75) is 37.8 Å². The van der Waals surface area contributed by atoms with Gasteiger partial charge >= 0.3 is 0 Å². The molecule has 0 radical (unpaired) electrons. The van der Waals surface area contributed by atoms with Crippen molar-refractivity contribution in [1.82, 2.24) is 24.8 Å². The van der Waals surface area contributed by atoms with Crippen molar-refractivity contribution in [3.8, 4) is 17.4 Å². The maximum atomic E-state index is 10.1. The summed E-state index contributed by atoms with van der Waals surface area (Å²) in [5.74, 6) is 2.73. The molecule has 0 bridgehead atoms. The van der Waals surface area contributed by atoms with E-state index in [2.05, 4.69) is 30.1 Å². The SMILES string of the molecule is Oc1cnc2cc(N3CCOCC3)nc(O[C@H]3CC[C@@H](Nc4ncc(OCCN5CCOCC5)cn4)CC3)c2c1. The predicted molar refractivity (Wildman–Crippen MR) is 149 cm³/mol. The molecule has 0 unspecified atom stereocenters. The van der Waals surface area contributed by atoms with Gasteiger partial charge in [0.05, 0.1) is 55.9 Å². The summed E-state index contributed by atoms with van der Waals surface area (Å²) in [6, 6.07) is 3.89. The highest BCUT2D eigenvalue weighted by molar-refractivity contribution is 5.86. The van der Waals surface area contributed by atoms with Gasteiger partial charge in [0.2, 0.25) is 11.8 Å². The number of nitrogens with zero attached hydrogens (tertiary/aromatic N) is 6. The molecule has 3 aromatic rings. The van der Waals surface area contributed by atoms with E-state index in [1.54, 1.807) is 18.5 Å². The number of hydrogen-bond donors (Lipinski definition) is 2.